The van der Waals surface area contributed by atoms with Crippen LogP contribution in [0.2, 0.25) is 5.02 Å². The number of fused-ring (bicyclic) bond motifs is 1. The van der Waals surface area contributed by atoms with Gasteiger partial charge in [0.25, 0.3) is 0 Å². The molecule has 0 aliphatic carbocycles. The van der Waals surface area contributed by atoms with Crippen LogP contribution in [0.1, 0.15) is 25.3 Å². The molecule has 1 heterocycles. The lowest BCUT2D eigenvalue weighted by Crippen LogP contribution is -2.37. The van der Waals surface area contributed by atoms with Crippen LogP contribution in [0.4, 0.5) is 0 Å². The summed E-state index contributed by atoms with van der Waals surface area (Å²) >= 11 is 5.94. The number of aromatic nitrogens is 2. The summed E-state index contributed by atoms with van der Waals surface area (Å²) < 4.78 is 5.41. The van der Waals surface area contributed by atoms with E-state index < -0.39 is 0 Å². The predicted molar refractivity (Wildman–Crippen MR) is 118 cm³/mol. The Morgan fingerprint density at radius 1 is 1.03 bits per heavy atom. The van der Waals surface area contributed by atoms with Crippen molar-refractivity contribution in [1.82, 2.24) is 15.0 Å². The summed E-state index contributed by atoms with van der Waals surface area (Å²) in [6.07, 6.45) is 0.317. The van der Waals surface area contributed by atoms with E-state index in [-0.39, 0.29) is 18.5 Å². The van der Waals surface area contributed by atoms with Crippen LogP contribution >= 0.6 is 11.6 Å². The Kier molecular flexibility index (Phi) is 5.81. The number of amides is 1. The van der Waals surface area contributed by atoms with Crippen LogP contribution in [0.25, 0.3) is 22.2 Å². The summed E-state index contributed by atoms with van der Waals surface area (Å²) in [6.45, 7) is 4.23. The van der Waals surface area contributed by atoms with Gasteiger partial charge < -0.3 is 9.42 Å². The largest absolute Gasteiger partial charge is 0.337 e. The Morgan fingerprint density at radius 2 is 1.77 bits per heavy atom. The number of rotatable bonds is 6. The van der Waals surface area contributed by atoms with Gasteiger partial charge in [-0.3, -0.25) is 4.79 Å². The van der Waals surface area contributed by atoms with E-state index >= 15 is 0 Å². The highest BCUT2D eigenvalue weighted by atomic mass is 35.5. The fourth-order valence-corrected chi connectivity index (χ4v) is 3.58. The lowest BCUT2D eigenvalue weighted by Gasteiger charge is -2.25. The van der Waals surface area contributed by atoms with Gasteiger partial charge in [0.1, 0.15) is 6.54 Å². The molecule has 152 valence electrons. The normalized spacial score (nSPS) is 11.2. The van der Waals surface area contributed by atoms with Gasteiger partial charge in [0, 0.05) is 16.6 Å². The highest BCUT2D eigenvalue weighted by Gasteiger charge is 2.21. The van der Waals surface area contributed by atoms with E-state index in [1.165, 1.54) is 0 Å². The molecule has 3 aromatic carbocycles. The second-order valence-electron chi connectivity index (χ2n) is 7.45. The average Bonchev–Trinajstić information content (AvgIpc) is 3.21. The van der Waals surface area contributed by atoms with Crippen molar-refractivity contribution in [3.05, 3.63) is 83.2 Å². The number of hydrogen-bond acceptors (Lipinski definition) is 4. The van der Waals surface area contributed by atoms with E-state index in [1.54, 1.807) is 17.0 Å². The van der Waals surface area contributed by atoms with Crippen LogP contribution < -0.4 is 0 Å². The van der Waals surface area contributed by atoms with E-state index in [0.717, 1.165) is 21.9 Å². The van der Waals surface area contributed by atoms with Crippen LogP contribution in [-0.2, 0) is 17.8 Å². The van der Waals surface area contributed by atoms with E-state index in [1.807, 2.05) is 56.3 Å². The first-order valence-electron chi connectivity index (χ1n) is 9.86. The molecule has 0 atom stereocenters. The van der Waals surface area contributed by atoms with Crippen LogP contribution in [0.3, 0.4) is 0 Å². The fourth-order valence-electron chi connectivity index (χ4n) is 3.45. The van der Waals surface area contributed by atoms with Gasteiger partial charge in [-0.25, -0.2) is 0 Å². The minimum absolute atomic E-state index is 0.00152. The maximum atomic E-state index is 13.1. The first-order valence-corrected chi connectivity index (χ1v) is 10.2. The average molecular weight is 420 g/mol. The summed E-state index contributed by atoms with van der Waals surface area (Å²) in [5.74, 6) is 0.902. The molecule has 0 aliphatic heterocycles. The maximum absolute atomic E-state index is 13.1. The number of carbonyl (C=O) groups is 1. The molecule has 6 heteroatoms. The van der Waals surface area contributed by atoms with Gasteiger partial charge in [0.15, 0.2) is 0 Å². The Labute approximate surface area is 180 Å². The number of nitrogens with zero attached hydrogens (tertiary/aromatic N) is 3. The molecule has 0 saturated carbocycles. The molecular weight excluding hydrogens is 398 g/mol. The zero-order valence-electron chi connectivity index (χ0n) is 16.9. The quantitative estimate of drug-likeness (QED) is 0.412. The molecule has 1 amide bonds. The van der Waals surface area contributed by atoms with Crippen molar-refractivity contribution in [3.63, 3.8) is 0 Å². The zero-order chi connectivity index (χ0) is 21.1. The molecule has 0 spiro atoms. The highest BCUT2D eigenvalue weighted by Crippen LogP contribution is 2.22. The molecule has 0 fully saturated rings. The number of hydrogen-bond donors (Lipinski definition) is 0. The third-order valence-corrected chi connectivity index (χ3v) is 5.29. The zero-order valence-corrected chi connectivity index (χ0v) is 17.6. The van der Waals surface area contributed by atoms with Crippen molar-refractivity contribution in [3.8, 4) is 11.4 Å². The smallest absolute Gasteiger partial charge is 0.246 e. The standard InChI is InChI=1S/C24H22ClN3O2/c1-16(2)28(15-22-26-24(27-30-22)18-10-12-20(25)13-11-18)23(29)14-19-8-5-7-17-6-3-4-9-21(17)19/h3-13,16H,14-15H2,1-2H3. The molecular formula is C24H22ClN3O2. The van der Waals surface area contributed by atoms with E-state index in [4.69, 9.17) is 16.1 Å². The van der Waals surface area contributed by atoms with Crippen molar-refractivity contribution in [1.29, 1.82) is 0 Å². The van der Waals surface area contributed by atoms with Gasteiger partial charge in [-0.1, -0.05) is 59.2 Å². The van der Waals surface area contributed by atoms with Crippen molar-refractivity contribution in [2.45, 2.75) is 32.9 Å². The molecule has 0 saturated heterocycles. The van der Waals surface area contributed by atoms with E-state index in [2.05, 4.69) is 22.3 Å². The Hall–Kier alpha value is -3.18. The number of benzene rings is 3. The van der Waals surface area contributed by atoms with Gasteiger partial charge in [0.05, 0.1) is 6.42 Å². The molecule has 0 aliphatic rings. The fraction of sp³-hybridized carbons (Fsp3) is 0.208. The molecule has 30 heavy (non-hydrogen) atoms. The molecule has 4 aromatic rings. The molecule has 5 nitrogen and oxygen atoms in total. The lowest BCUT2D eigenvalue weighted by molar-refractivity contribution is -0.133. The van der Waals surface area contributed by atoms with Gasteiger partial charge in [0.2, 0.25) is 17.6 Å². The van der Waals surface area contributed by atoms with Crippen LogP contribution in [0.15, 0.2) is 71.3 Å². The van der Waals surface area contributed by atoms with Crippen molar-refractivity contribution < 1.29 is 9.32 Å². The van der Waals surface area contributed by atoms with E-state index in [0.29, 0.717) is 23.2 Å². The third kappa shape index (κ3) is 4.36. The first kappa shape index (κ1) is 20.1. The molecule has 4 rings (SSSR count). The highest BCUT2D eigenvalue weighted by molar-refractivity contribution is 6.30. The Morgan fingerprint density at radius 3 is 2.53 bits per heavy atom. The number of carbonyl (C=O) groups excluding carboxylic acids is 1. The third-order valence-electron chi connectivity index (χ3n) is 5.04. The minimum atomic E-state index is -0.00152. The summed E-state index contributed by atoms with van der Waals surface area (Å²) in [5.41, 5.74) is 1.82. The van der Waals surface area contributed by atoms with Crippen LogP contribution in [0, 0.1) is 0 Å². The Balaban J connectivity index is 1.53. The van der Waals surface area contributed by atoms with E-state index in [9.17, 15) is 4.79 Å². The molecule has 0 radical (unpaired) electrons. The summed E-state index contributed by atoms with van der Waals surface area (Å²) in [6, 6.07) is 21.4. The molecule has 0 unspecified atom stereocenters. The molecule has 1 aromatic heterocycles. The van der Waals surface area contributed by atoms with Crippen LogP contribution in [-0.4, -0.2) is 27.0 Å². The maximum Gasteiger partial charge on any atom is 0.246 e. The predicted octanol–water partition coefficient (Wildman–Crippen LogP) is 5.52. The number of halogens is 1. The van der Waals surface area contributed by atoms with Gasteiger partial charge in [-0.2, -0.15) is 4.98 Å². The second-order valence-corrected chi connectivity index (χ2v) is 7.89. The topological polar surface area (TPSA) is 59.2 Å². The van der Waals surface area contributed by atoms with Crippen LogP contribution in [0.5, 0.6) is 0 Å². The summed E-state index contributed by atoms with van der Waals surface area (Å²) in [5, 5.41) is 6.92. The first-order chi connectivity index (χ1) is 14.5. The lowest BCUT2D eigenvalue weighted by atomic mass is 10.0. The second kappa shape index (κ2) is 8.67. The minimum Gasteiger partial charge on any atom is -0.337 e. The van der Waals surface area contributed by atoms with Crippen molar-refractivity contribution in [2.75, 3.05) is 0 Å². The molecule has 0 N–H and O–H groups in total. The summed E-state index contributed by atoms with van der Waals surface area (Å²) in [7, 11) is 0. The van der Waals surface area contributed by atoms with Gasteiger partial charge in [-0.05, 0) is 54.4 Å². The van der Waals surface area contributed by atoms with Gasteiger partial charge >= 0.3 is 0 Å². The van der Waals surface area contributed by atoms with Crippen molar-refractivity contribution in [2.24, 2.45) is 0 Å². The summed E-state index contributed by atoms with van der Waals surface area (Å²) in [4.78, 5) is 19.4. The SMILES string of the molecule is CC(C)N(Cc1nc(-c2ccc(Cl)cc2)no1)C(=O)Cc1cccc2ccccc12. The monoisotopic (exact) mass is 419 g/mol. The molecule has 0 bridgehead atoms. The van der Waals surface area contributed by atoms with Crippen molar-refractivity contribution >= 4 is 28.3 Å². The Bertz CT molecular complexity index is 1160. The van der Waals surface area contributed by atoms with Gasteiger partial charge in [-0.15, -0.1) is 0 Å².